The largest absolute Gasteiger partial charge is 0.294 e. The molecular weight excluding hydrogens is 203 g/mol. The minimum absolute atomic E-state index is 0.121. The van der Waals surface area contributed by atoms with Gasteiger partial charge in [0.2, 0.25) is 0 Å². The Kier molecular flexibility index (Phi) is 3.37. The lowest BCUT2D eigenvalue weighted by Crippen LogP contribution is -2.18. The van der Waals surface area contributed by atoms with E-state index in [9.17, 15) is 9.18 Å². The van der Waals surface area contributed by atoms with Crippen molar-refractivity contribution in [2.24, 2.45) is 5.92 Å². The monoisotopic (exact) mass is 220 g/mol. The average Bonchev–Trinajstić information content (AvgIpc) is 2.33. The molecule has 0 bridgehead atoms. The van der Waals surface area contributed by atoms with Crippen molar-refractivity contribution in [3.05, 3.63) is 35.1 Å². The van der Waals surface area contributed by atoms with Crippen LogP contribution in [0.3, 0.4) is 0 Å². The Hall–Kier alpha value is -1.18. The fourth-order valence-corrected chi connectivity index (χ4v) is 2.35. The lowest BCUT2D eigenvalue weighted by molar-refractivity contribution is 0.0889. The molecule has 0 saturated heterocycles. The van der Waals surface area contributed by atoms with Crippen molar-refractivity contribution in [2.75, 3.05) is 0 Å². The number of aryl methyl sites for hydroxylation is 1. The molecule has 0 heterocycles. The van der Waals surface area contributed by atoms with Crippen molar-refractivity contribution < 1.29 is 9.18 Å². The molecule has 1 nitrogen and oxygen atoms in total. The number of halogens is 1. The summed E-state index contributed by atoms with van der Waals surface area (Å²) in [5.74, 6) is -0.0314. The smallest absolute Gasteiger partial charge is 0.166 e. The van der Waals surface area contributed by atoms with Crippen molar-refractivity contribution in [3.8, 4) is 0 Å². The number of carbonyl (C=O) groups excluding carboxylic acids is 1. The van der Waals surface area contributed by atoms with E-state index in [1.807, 2.05) is 0 Å². The van der Waals surface area contributed by atoms with Crippen LogP contribution in [-0.2, 0) is 0 Å². The average molecular weight is 220 g/mol. The Balaban J connectivity index is 2.16. The first kappa shape index (κ1) is 11.3. The van der Waals surface area contributed by atoms with Gasteiger partial charge in [0.25, 0.3) is 0 Å². The predicted molar refractivity (Wildman–Crippen MR) is 62.0 cm³/mol. The van der Waals surface area contributed by atoms with Gasteiger partial charge < -0.3 is 0 Å². The molecule has 1 aliphatic rings. The van der Waals surface area contributed by atoms with Crippen molar-refractivity contribution in [2.45, 2.75) is 39.0 Å². The molecule has 0 unspecified atom stereocenters. The van der Waals surface area contributed by atoms with Crippen molar-refractivity contribution in [1.29, 1.82) is 0 Å². The zero-order valence-corrected chi connectivity index (χ0v) is 9.63. The van der Waals surface area contributed by atoms with E-state index in [4.69, 9.17) is 0 Å². The fraction of sp³-hybridized carbons (Fsp3) is 0.500. The number of hydrogen-bond donors (Lipinski definition) is 0. The minimum atomic E-state index is -0.276. The summed E-state index contributed by atoms with van der Waals surface area (Å²) in [6.07, 6.45) is 5.42. The maximum Gasteiger partial charge on any atom is 0.166 e. The van der Waals surface area contributed by atoms with Crippen LogP contribution >= 0.6 is 0 Å². The van der Waals surface area contributed by atoms with Gasteiger partial charge in [-0.05, 0) is 31.4 Å². The van der Waals surface area contributed by atoms with Crippen LogP contribution in [0.5, 0.6) is 0 Å². The summed E-state index contributed by atoms with van der Waals surface area (Å²) in [5.41, 5.74) is 1.13. The van der Waals surface area contributed by atoms with Gasteiger partial charge in [-0.15, -0.1) is 0 Å². The molecule has 16 heavy (non-hydrogen) atoms. The lowest BCUT2D eigenvalue weighted by Gasteiger charge is -2.20. The van der Waals surface area contributed by atoms with Gasteiger partial charge in [-0.1, -0.05) is 31.4 Å². The number of benzene rings is 1. The Bertz CT molecular complexity index is 392. The second-order valence-corrected chi connectivity index (χ2v) is 4.66. The highest BCUT2D eigenvalue weighted by Gasteiger charge is 2.22. The first-order valence-corrected chi connectivity index (χ1v) is 5.99. The quantitative estimate of drug-likeness (QED) is 0.691. The summed E-state index contributed by atoms with van der Waals surface area (Å²) in [6.45, 7) is 1.71. The summed E-state index contributed by atoms with van der Waals surface area (Å²) >= 11 is 0. The third-order valence-corrected chi connectivity index (χ3v) is 3.43. The van der Waals surface area contributed by atoms with Crippen LogP contribution in [0.15, 0.2) is 18.2 Å². The molecule has 0 radical (unpaired) electrons. The Labute approximate surface area is 95.7 Å². The van der Waals surface area contributed by atoms with E-state index >= 15 is 0 Å². The highest BCUT2D eigenvalue weighted by molar-refractivity contribution is 5.97. The van der Waals surface area contributed by atoms with Crippen molar-refractivity contribution >= 4 is 5.78 Å². The van der Waals surface area contributed by atoms with E-state index in [2.05, 4.69) is 0 Å². The van der Waals surface area contributed by atoms with Gasteiger partial charge in [0, 0.05) is 11.5 Å². The molecule has 0 spiro atoms. The molecule has 1 aromatic rings. The number of hydrogen-bond acceptors (Lipinski definition) is 1. The third kappa shape index (κ3) is 2.31. The van der Waals surface area contributed by atoms with Gasteiger partial charge in [-0.2, -0.15) is 0 Å². The van der Waals surface area contributed by atoms with Crippen molar-refractivity contribution in [1.82, 2.24) is 0 Å². The highest BCUT2D eigenvalue weighted by Crippen LogP contribution is 2.27. The molecule has 1 fully saturated rings. The maximum atomic E-state index is 13.4. The zero-order valence-electron chi connectivity index (χ0n) is 9.63. The van der Waals surface area contributed by atoms with E-state index < -0.39 is 0 Å². The number of ketones is 1. The SMILES string of the molecule is Cc1ccc(C(=O)C2CCCCC2)cc1F. The van der Waals surface area contributed by atoms with Crippen LogP contribution < -0.4 is 0 Å². The molecule has 1 saturated carbocycles. The van der Waals surface area contributed by atoms with Crippen LogP contribution in [0, 0.1) is 18.7 Å². The molecule has 1 aliphatic carbocycles. The van der Waals surface area contributed by atoms with Crippen LogP contribution in [0.1, 0.15) is 48.0 Å². The van der Waals surface area contributed by atoms with Gasteiger partial charge in [0.05, 0.1) is 0 Å². The third-order valence-electron chi connectivity index (χ3n) is 3.43. The van der Waals surface area contributed by atoms with Crippen molar-refractivity contribution in [3.63, 3.8) is 0 Å². The van der Waals surface area contributed by atoms with Gasteiger partial charge in [0.1, 0.15) is 5.82 Å². The molecule has 86 valence electrons. The van der Waals surface area contributed by atoms with Crippen LogP contribution in [0.2, 0.25) is 0 Å². The molecule has 2 rings (SSSR count). The normalized spacial score (nSPS) is 17.4. The number of rotatable bonds is 2. The number of Topliss-reactive ketones (excluding diaryl/α,β-unsaturated/α-hetero) is 1. The maximum absolute atomic E-state index is 13.4. The molecule has 0 amide bonds. The van der Waals surface area contributed by atoms with Gasteiger partial charge in [0.15, 0.2) is 5.78 Å². The van der Waals surface area contributed by atoms with Gasteiger partial charge in [-0.3, -0.25) is 4.79 Å². The van der Waals surface area contributed by atoms with Gasteiger partial charge >= 0.3 is 0 Å². The second-order valence-electron chi connectivity index (χ2n) is 4.66. The highest BCUT2D eigenvalue weighted by atomic mass is 19.1. The number of carbonyl (C=O) groups is 1. The Morgan fingerprint density at radius 3 is 2.56 bits per heavy atom. The summed E-state index contributed by atoms with van der Waals surface area (Å²) in [6, 6.07) is 4.81. The molecule has 1 aromatic carbocycles. The first-order chi connectivity index (χ1) is 7.68. The molecule has 0 aliphatic heterocycles. The van der Waals surface area contributed by atoms with Crippen LogP contribution in [0.25, 0.3) is 0 Å². The Morgan fingerprint density at radius 2 is 1.94 bits per heavy atom. The zero-order chi connectivity index (χ0) is 11.5. The van der Waals surface area contributed by atoms with E-state index in [-0.39, 0.29) is 17.5 Å². The van der Waals surface area contributed by atoms with E-state index in [0.29, 0.717) is 11.1 Å². The second kappa shape index (κ2) is 4.77. The first-order valence-electron chi connectivity index (χ1n) is 5.99. The minimum Gasteiger partial charge on any atom is -0.294 e. The van der Waals surface area contributed by atoms with Crippen LogP contribution in [0.4, 0.5) is 4.39 Å². The fourth-order valence-electron chi connectivity index (χ4n) is 2.35. The summed E-state index contributed by atoms with van der Waals surface area (Å²) < 4.78 is 13.4. The summed E-state index contributed by atoms with van der Waals surface area (Å²) in [7, 11) is 0. The molecule has 0 atom stereocenters. The standard InChI is InChI=1S/C14H17FO/c1-10-7-8-12(9-13(10)15)14(16)11-5-3-2-4-6-11/h7-9,11H,2-6H2,1H3. The summed E-state index contributed by atoms with van der Waals surface area (Å²) in [4.78, 5) is 12.1. The van der Waals surface area contributed by atoms with E-state index in [1.165, 1.54) is 12.5 Å². The van der Waals surface area contributed by atoms with E-state index in [1.54, 1.807) is 19.1 Å². The van der Waals surface area contributed by atoms with Gasteiger partial charge in [-0.25, -0.2) is 4.39 Å². The Morgan fingerprint density at radius 1 is 1.25 bits per heavy atom. The molecular formula is C14H17FO. The predicted octanol–water partition coefficient (Wildman–Crippen LogP) is 3.90. The topological polar surface area (TPSA) is 17.1 Å². The molecule has 2 heteroatoms. The lowest BCUT2D eigenvalue weighted by atomic mass is 9.84. The molecule has 0 N–H and O–H groups in total. The summed E-state index contributed by atoms with van der Waals surface area (Å²) in [5, 5.41) is 0. The van der Waals surface area contributed by atoms with E-state index in [0.717, 1.165) is 25.7 Å². The van der Waals surface area contributed by atoms with Crippen LogP contribution in [-0.4, -0.2) is 5.78 Å². The molecule has 0 aromatic heterocycles.